The SMILES string of the molecule is COc1cccc(-c2[nH]ncc2C(=O)NC(C)(C)C)n1. The molecule has 20 heavy (non-hydrogen) atoms. The van der Waals surface area contributed by atoms with Crippen LogP contribution in [0.1, 0.15) is 31.1 Å². The van der Waals surface area contributed by atoms with E-state index in [1.54, 1.807) is 19.2 Å². The van der Waals surface area contributed by atoms with Crippen molar-refractivity contribution in [3.8, 4) is 17.3 Å². The molecule has 0 fully saturated rings. The fourth-order valence-corrected chi connectivity index (χ4v) is 1.73. The second kappa shape index (κ2) is 5.32. The van der Waals surface area contributed by atoms with E-state index >= 15 is 0 Å². The number of rotatable bonds is 3. The lowest BCUT2D eigenvalue weighted by Gasteiger charge is -2.20. The van der Waals surface area contributed by atoms with Crippen LogP contribution in [0.2, 0.25) is 0 Å². The zero-order chi connectivity index (χ0) is 14.8. The largest absolute Gasteiger partial charge is 0.481 e. The summed E-state index contributed by atoms with van der Waals surface area (Å²) in [6.07, 6.45) is 1.50. The van der Waals surface area contributed by atoms with Crippen LogP contribution in [0.15, 0.2) is 24.4 Å². The number of carbonyl (C=O) groups excluding carboxylic acids is 1. The Morgan fingerprint density at radius 3 is 2.75 bits per heavy atom. The molecule has 0 aliphatic carbocycles. The summed E-state index contributed by atoms with van der Waals surface area (Å²) in [6, 6.07) is 5.35. The van der Waals surface area contributed by atoms with Crippen molar-refractivity contribution in [2.24, 2.45) is 0 Å². The second-order valence-electron chi connectivity index (χ2n) is 5.43. The summed E-state index contributed by atoms with van der Waals surface area (Å²) < 4.78 is 5.09. The standard InChI is InChI=1S/C14H18N4O2/c1-14(2,3)17-13(19)9-8-15-18-12(9)10-6-5-7-11(16-10)20-4/h5-8H,1-4H3,(H,15,18)(H,17,19). The summed E-state index contributed by atoms with van der Waals surface area (Å²) in [5.74, 6) is 0.296. The van der Waals surface area contributed by atoms with Crippen molar-refractivity contribution >= 4 is 5.91 Å². The molecular formula is C14H18N4O2. The fraction of sp³-hybridized carbons (Fsp3) is 0.357. The molecule has 2 aromatic rings. The van der Waals surface area contributed by atoms with Gasteiger partial charge >= 0.3 is 0 Å². The van der Waals surface area contributed by atoms with Crippen molar-refractivity contribution in [3.63, 3.8) is 0 Å². The van der Waals surface area contributed by atoms with Crippen molar-refractivity contribution in [1.82, 2.24) is 20.5 Å². The zero-order valence-corrected chi connectivity index (χ0v) is 12.0. The van der Waals surface area contributed by atoms with E-state index in [9.17, 15) is 4.79 Å². The number of ether oxygens (including phenoxy) is 1. The van der Waals surface area contributed by atoms with Gasteiger partial charge in [-0.3, -0.25) is 9.89 Å². The zero-order valence-electron chi connectivity index (χ0n) is 12.0. The molecule has 0 aliphatic rings. The summed E-state index contributed by atoms with van der Waals surface area (Å²) in [6.45, 7) is 5.78. The van der Waals surface area contributed by atoms with E-state index in [0.717, 1.165) is 0 Å². The molecule has 6 nitrogen and oxygen atoms in total. The van der Waals surface area contributed by atoms with Crippen LogP contribution >= 0.6 is 0 Å². The lowest BCUT2D eigenvalue weighted by Crippen LogP contribution is -2.40. The lowest BCUT2D eigenvalue weighted by atomic mass is 10.1. The van der Waals surface area contributed by atoms with E-state index in [-0.39, 0.29) is 11.4 Å². The molecule has 6 heteroatoms. The van der Waals surface area contributed by atoms with Gasteiger partial charge in [0.25, 0.3) is 5.91 Å². The number of aromatic amines is 1. The molecule has 0 unspecified atom stereocenters. The molecule has 0 aromatic carbocycles. The first-order chi connectivity index (χ1) is 9.40. The molecule has 0 saturated heterocycles. The number of hydrogen-bond donors (Lipinski definition) is 2. The minimum atomic E-state index is -0.312. The van der Waals surface area contributed by atoms with Crippen LogP contribution in [0.3, 0.4) is 0 Å². The van der Waals surface area contributed by atoms with Gasteiger partial charge in [-0.15, -0.1) is 0 Å². The van der Waals surface area contributed by atoms with Gasteiger partial charge in [-0.25, -0.2) is 4.98 Å². The molecule has 2 heterocycles. The molecule has 2 rings (SSSR count). The van der Waals surface area contributed by atoms with Gasteiger partial charge < -0.3 is 10.1 Å². The molecule has 0 saturated carbocycles. The van der Waals surface area contributed by atoms with Crippen LogP contribution in [0.25, 0.3) is 11.4 Å². The van der Waals surface area contributed by atoms with Crippen molar-refractivity contribution in [2.75, 3.05) is 7.11 Å². The highest BCUT2D eigenvalue weighted by molar-refractivity contribution is 5.99. The van der Waals surface area contributed by atoms with Crippen LogP contribution in [-0.2, 0) is 0 Å². The molecule has 2 aromatic heterocycles. The predicted molar refractivity (Wildman–Crippen MR) is 75.6 cm³/mol. The number of amides is 1. The summed E-state index contributed by atoms with van der Waals surface area (Å²) in [5.41, 5.74) is 1.33. The normalized spacial score (nSPS) is 11.2. The third-order valence-corrected chi connectivity index (χ3v) is 2.56. The van der Waals surface area contributed by atoms with Crippen LogP contribution in [0.4, 0.5) is 0 Å². The van der Waals surface area contributed by atoms with E-state index in [4.69, 9.17) is 4.74 Å². The van der Waals surface area contributed by atoms with E-state index in [1.165, 1.54) is 6.20 Å². The molecular weight excluding hydrogens is 256 g/mol. The minimum absolute atomic E-state index is 0.189. The molecule has 0 aliphatic heterocycles. The van der Waals surface area contributed by atoms with Crippen LogP contribution in [0, 0.1) is 0 Å². The van der Waals surface area contributed by atoms with Gasteiger partial charge in [-0.2, -0.15) is 5.10 Å². The molecule has 2 N–H and O–H groups in total. The van der Waals surface area contributed by atoms with E-state index in [2.05, 4.69) is 20.5 Å². The Morgan fingerprint density at radius 2 is 2.10 bits per heavy atom. The number of nitrogens with one attached hydrogen (secondary N) is 2. The number of pyridine rings is 1. The van der Waals surface area contributed by atoms with Gasteiger partial charge in [-0.1, -0.05) is 6.07 Å². The smallest absolute Gasteiger partial charge is 0.255 e. The van der Waals surface area contributed by atoms with Gasteiger partial charge in [-0.05, 0) is 26.8 Å². The highest BCUT2D eigenvalue weighted by atomic mass is 16.5. The van der Waals surface area contributed by atoms with Gasteiger partial charge in [0, 0.05) is 11.6 Å². The number of H-pyrrole nitrogens is 1. The molecule has 0 atom stereocenters. The lowest BCUT2D eigenvalue weighted by molar-refractivity contribution is 0.0920. The van der Waals surface area contributed by atoms with Gasteiger partial charge in [0.05, 0.1) is 30.3 Å². The Bertz CT molecular complexity index is 614. The number of nitrogens with zero attached hydrogens (tertiary/aromatic N) is 2. The summed E-state index contributed by atoms with van der Waals surface area (Å²) >= 11 is 0. The fourth-order valence-electron chi connectivity index (χ4n) is 1.73. The predicted octanol–water partition coefficient (Wildman–Crippen LogP) is 2.01. The van der Waals surface area contributed by atoms with Gasteiger partial charge in [0.15, 0.2) is 0 Å². The van der Waals surface area contributed by atoms with E-state index in [1.807, 2.05) is 26.8 Å². The first kappa shape index (κ1) is 14.0. The van der Waals surface area contributed by atoms with Crippen molar-refractivity contribution in [2.45, 2.75) is 26.3 Å². The Kier molecular flexibility index (Phi) is 3.74. The van der Waals surface area contributed by atoms with Crippen molar-refractivity contribution in [3.05, 3.63) is 30.0 Å². The van der Waals surface area contributed by atoms with Crippen molar-refractivity contribution < 1.29 is 9.53 Å². The maximum absolute atomic E-state index is 12.2. The summed E-state index contributed by atoms with van der Waals surface area (Å²) in [7, 11) is 1.55. The maximum Gasteiger partial charge on any atom is 0.255 e. The Labute approximate surface area is 117 Å². The van der Waals surface area contributed by atoms with Crippen LogP contribution in [0.5, 0.6) is 5.88 Å². The van der Waals surface area contributed by atoms with Gasteiger partial charge in [0.2, 0.25) is 5.88 Å². The average molecular weight is 274 g/mol. The number of carbonyl (C=O) groups is 1. The third-order valence-electron chi connectivity index (χ3n) is 2.56. The van der Waals surface area contributed by atoms with Crippen LogP contribution < -0.4 is 10.1 Å². The summed E-state index contributed by atoms with van der Waals surface area (Å²) in [5, 5.41) is 9.65. The Hall–Kier alpha value is -2.37. The van der Waals surface area contributed by atoms with Gasteiger partial charge in [0.1, 0.15) is 0 Å². The number of aromatic nitrogens is 3. The number of hydrogen-bond acceptors (Lipinski definition) is 4. The quantitative estimate of drug-likeness (QED) is 0.897. The van der Waals surface area contributed by atoms with E-state index in [0.29, 0.717) is 22.8 Å². The Balaban J connectivity index is 2.35. The monoisotopic (exact) mass is 274 g/mol. The average Bonchev–Trinajstić information content (AvgIpc) is 2.86. The molecule has 0 bridgehead atoms. The molecule has 1 amide bonds. The maximum atomic E-state index is 12.2. The highest BCUT2D eigenvalue weighted by Gasteiger charge is 2.20. The third kappa shape index (κ3) is 3.14. The van der Waals surface area contributed by atoms with Crippen LogP contribution in [-0.4, -0.2) is 33.7 Å². The highest BCUT2D eigenvalue weighted by Crippen LogP contribution is 2.21. The molecule has 0 radical (unpaired) electrons. The topological polar surface area (TPSA) is 79.9 Å². The summed E-state index contributed by atoms with van der Waals surface area (Å²) in [4.78, 5) is 16.5. The van der Waals surface area contributed by atoms with Crippen molar-refractivity contribution in [1.29, 1.82) is 0 Å². The van der Waals surface area contributed by atoms with E-state index < -0.39 is 0 Å². The second-order valence-corrected chi connectivity index (χ2v) is 5.43. The first-order valence-electron chi connectivity index (χ1n) is 6.28. The first-order valence-corrected chi connectivity index (χ1v) is 6.28. The Morgan fingerprint density at radius 1 is 1.35 bits per heavy atom. The molecule has 0 spiro atoms. The molecule has 106 valence electrons. The minimum Gasteiger partial charge on any atom is -0.481 e. The number of methoxy groups -OCH3 is 1.